The van der Waals surface area contributed by atoms with E-state index in [0.29, 0.717) is 17.7 Å². The van der Waals surface area contributed by atoms with Gasteiger partial charge < -0.3 is 19.4 Å². The fourth-order valence-electron chi connectivity index (χ4n) is 6.16. The van der Waals surface area contributed by atoms with Crippen LogP contribution < -0.4 is 10.9 Å². The third kappa shape index (κ3) is 1.96. The van der Waals surface area contributed by atoms with Gasteiger partial charge in [-0.1, -0.05) is 0 Å². The molecule has 1 N–H and O–H groups in total. The standard InChI is InChI=1S/C24H21FN2O4/c1-10-12-4-3-5-13-14-8-27-19(21(14)26-18(20(12)13)7-17(10)25)6-16-15(22(27)28)9-30-23(29)24(16)11(2)31-24/h6-7,11,18,26H,3-5,8-9H2,1-2H3/t11-,18?,24+/m1/s1. The number of carbonyl (C=O) groups excluding carboxylic acids is 1. The molecular formula is C24H21FN2O4. The molecule has 0 saturated carbocycles. The Bertz CT molecular complexity index is 1330. The number of dihydropyridines is 1. The average Bonchev–Trinajstić information content (AvgIpc) is 3.28. The van der Waals surface area contributed by atoms with Gasteiger partial charge in [0.1, 0.15) is 18.5 Å². The highest BCUT2D eigenvalue weighted by atomic mass is 19.1. The molecule has 1 spiro atoms. The Morgan fingerprint density at radius 1 is 1.23 bits per heavy atom. The lowest BCUT2D eigenvalue weighted by molar-refractivity contribution is -0.154. The second-order valence-electron chi connectivity index (χ2n) is 9.22. The molecule has 5 heterocycles. The second kappa shape index (κ2) is 5.46. The van der Waals surface area contributed by atoms with E-state index in [0.717, 1.165) is 47.4 Å². The Labute approximate surface area is 177 Å². The Morgan fingerprint density at radius 2 is 2.00 bits per heavy atom. The number of cyclic esters (lactones) is 1. The summed E-state index contributed by atoms with van der Waals surface area (Å²) in [6, 6.07) is 1.68. The van der Waals surface area contributed by atoms with Gasteiger partial charge >= 0.3 is 5.97 Å². The number of hydrogen-bond donors (Lipinski definition) is 1. The third-order valence-electron chi connectivity index (χ3n) is 7.81. The minimum atomic E-state index is -1.17. The van der Waals surface area contributed by atoms with Crippen LogP contribution in [0.15, 0.2) is 50.6 Å². The lowest BCUT2D eigenvalue weighted by Gasteiger charge is -2.37. The molecule has 158 valence electrons. The number of esters is 1. The molecule has 0 radical (unpaired) electrons. The first-order valence-corrected chi connectivity index (χ1v) is 10.9. The van der Waals surface area contributed by atoms with E-state index in [1.54, 1.807) is 10.6 Å². The number of rotatable bonds is 0. The summed E-state index contributed by atoms with van der Waals surface area (Å²) in [5.74, 6) is -0.607. The molecule has 2 aliphatic carbocycles. The smallest absolute Gasteiger partial charge is 0.346 e. The van der Waals surface area contributed by atoms with E-state index in [1.807, 2.05) is 19.9 Å². The Balaban J connectivity index is 1.45. The van der Waals surface area contributed by atoms with Gasteiger partial charge in [-0.25, -0.2) is 9.18 Å². The number of allylic oxidation sites excluding steroid dienone is 4. The molecule has 4 aliphatic heterocycles. The summed E-state index contributed by atoms with van der Waals surface area (Å²) in [6.07, 6.45) is 4.10. The van der Waals surface area contributed by atoms with Gasteiger partial charge in [-0.2, -0.15) is 0 Å². The van der Waals surface area contributed by atoms with E-state index in [1.165, 1.54) is 11.1 Å². The highest BCUT2D eigenvalue weighted by Gasteiger charge is 2.65. The van der Waals surface area contributed by atoms with E-state index in [2.05, 4.69) is 5.32 Å². The van der Waals surface area contributed by atoms with Crippen LogP contribution in [0.1, 0.15) is 49.9 Å². The summed E-state index contributed by atoms with van der Waals surface area (Å²) >= 11 is 0. The van der Waals surface area contributed by atoms with Crippen LogP contribution in [0, 0.1) is 0 Å². The van der Waals surface area contributed by atoms with Crippen LogP contribution in [0.2, 0.25) is 0 Å². The molecule has 3 atom stereocenters. The first-order valence-electron chi connectivity index (χ1n) is 10.9. The van der Waals surface area contributed by atoms with Gasteiger partial charge in [0.2, 0.25) is 5.60 Å². The minimum Gasteiger partial charge on any atom is -0.458 e. The van der Waals surface area contributed by atoms with Crippen molar-refractivity contribution in [2.75, 3.05) is 0 Å². The molecule has 0 amide bonds. The number of ether oxygens (including phenoxy) is 2. The zero-order valence-corrected chi connectivity index (χ0v) is 17.3. The molecule has 0 aromatic carbocycles. The number of aromatic nitrogens is 1. The maximum absolute atomic E-state index is 14.7. The summed E-state index contributed by atoms with van der Waals surface area (Å²) in [4.78, 5) is 25.9. The topological polar surface area (TPSA) is 72.9 Å². The number of hydrogen-bond acceptors (Lipinski definition) is 5. The monoisotopic (exact) mass is 420 g/mol. The zero-order chi connectivity index (χ0) is 21.2. The molecule has 6 nitrogen and oxygen atoms in total. The summed E-state index contributed by atoms with van der Waals surface area (Å²) in [6.45, 7) is 4.12. The third-order valence-corrected chi connectivity index (χ3v) is 7.81. The fraction of sp³-hybridized carbons (Fsp3) is 0.417. The summed E-state index contributed by atoms with van der Waals surface area (Å²) in [5.41, 5.74) is 6.78. The lowest BCUT2D eigenvalue weighted by atomic mass is 9.74. The summed E-state index contributed by atoms with van der Waals surface area (Å²) in [5, 5.41) is 3.51. The number of pyridine rings is 1. The van der Waals surface area contributed by atoms with Crippen LogP contribution in [0.25, 0.3) is 5.70 Å². The van der Waals surface area contributed by atoms with Crippen LogP contribution in [-0.4, -0.2) is 22.7 Å². The van der Waals surface area contributed by atoms with E-state index in [-0.39, 0.29) is 30.1 Å². The van der Waals surface area contributed by atoms with Crippen molar-refractivity contribution in [1.29, 1.82) is 0 Å². The first kappa shape index (κ1) is 17.7. The van der Waals surface area contributed by atoms with Crippen LogP contribution in [0.5, 0.6) is 0 Å². The van der Waals surface area contributed by atoms with Crippen molar-refractivity contribution < 1.29 is 18.7 Å². The van der Waals surface area contributed by atoms with Gasteiger partial charge in [0.05, 0.1) is 29.5 Å². The molecular weight excluding hydrogens is 399 g/mol. The van der Waals surface area contributed by atoms with Crippen LogP contribution in [-0.2, 0) is 33.0 Å². The molecule has 7 rings (SSSR count). The van der Waals surface area contributed by atoms with E-state index in [4.69, 9.17) is 9.47 Å². The molecule has 31 heavy (non-hydrogen) atoms. The SMILES string of the molecule is CC1=C2CCCC3=C2C(C=C1F)NC1=C3Cn2c1cc1c(c2=O)COC(=O)[C@@]12O[C@@H]2C. The maximum atomic E-state index is 14.7. The summed E-state index contributed by atoms with van der Waals surface area (Å²) in [7, 11) is 0. The molecule has 1 saturated heterocycles. The van der Waals surface area contributed by atoms with E-state index < -0.39 is 11.6 Å². The van der Waals surface area contributed by atoms with Crippen molar-refractivity contribution in [1.82, 2.24) is 9.88 Å². The molecule has 1 unspecified atom stereocenters. The van der Waals surface area contributed by atoms with Crippen LogP contribution in [0.4, 0.5) is 4.39 Å². The molecule has 1 fully saturated rings. The Kier molecular flexibility index (Phi) is 3.12. The van der Waals surface area contributed by atoms with Gasteiger partial charge in [0.15, 0.2) is 0 Å². The lowest BCUT2D eigenvalue weighted by Crippen LogP contribution is -2.39. The number of epoxide rings is 1. The fourth-order valence-corrected chi connectivity index (χ4v) is 6.16. The number of nitrogens with zero attached hydrogens (tertiary/aromatic N) is 1. The van der Waals surface area contributed by atoms with Gasteiger partial charge in [-0.3, -0.25) is 4.79 Å². The van der Waals surface area contributed by atoms with E-state index >= 15 is 0 Å². The molecule has 0 bridgehead atoms. The van der Waals surface area contributed by atoms with Gasteiger partial charge in [0.25, 0.3) is 5.56 Å². The van der Waals surface area contributed by atoms with Crippen molar-refractivity contribution in [3.8, 4) is 0 Å². The minimum absolute atomic E-state index is 0.0280. The molecule has 1 aromatic heterocycles. The van der Waals surface area contributed by atoms with Crippen molar-refractivity contribution in [2.45, 2.75) is 64.0 Å². The number of halogens is 1. The van der Waals surface area contributed by atoms with Crippen molar-refractivity contribution in [3.63, 3.8) is 0 Å². The van der Waals surface area contributed by atoms with E-state index in [9.17, 15) is 14.0 Å². The molecule has 7 heteroatoms. The quantitative estimate of drug-likeness (QED) is 0.516. The van der Waals surface area contributed by atoms with Gasteiger partial charge in [-0.05, 0) is 67.5 Å². The first-order chi connectivity index (χ1) is 14.9. The number of nitrogens with one attached hydrogen (secondary N) is 1. The normalized spacial score (nSPS) is 32.2. The summed E-state index contributed by atoms with van der Waals surface area (Å²) < 4.78 is 27.4. The maximum Gasteiger partial charge on any atom is 0.346 e. The van der Waals surface area contributed by atoms with Crippen LogP contribution >= 0.6 is 0 Å². The van der Waals surface area contributed by atoms with Gasteiger partial charge in [-0.15, -0.1) is 0 Å². The Hall–Kier alpha value is -2.93. The highest BCUT2D eigenvalue weighted by Crippen LogP contribution is 2.52. The predicted octanol–water partition coefficient (Wildman–Crippen LogP) is 2.88. The van der Waals surface area contributed by atoms with Gasteiger partial charge in [0, 0.05) is 11.1 Å². The molecule has 6 aliphatic rings. The van der Waals surface area contributed by atoms with Crippen molar-refractivity contribution >= 4 is 11.7 Å². The Morgan fingerprint density at radius 3 is 2.77 bits per heavy atom. The average molecular weight is 420 g/mol. The molecule has 1 aromatic rings. The predicted molar refractivity (Wildman–Crippen MR) is 109 cm³/mol. The highest BCUT2D eigenvalue weighted by molar-refractivity contribution is 5.88. The number of fused-ring (bicyclic) bond motifs is 5. The number of carbonyl (C=O) groups is 1. The largest absolute Gasteiger partial charge is 0.458 e. The van der Waals surface area contributed by atoms with Crippen molar-refractivity contribution in [3.05, 3.63) is 73.0 Å². The van der Waals surface area contributed by atoms with Crippen molar-refractivity contribution in [2.24, 2.45) is 0 Å². The van der Waals surface area contributed by atoms with Crippen LogP contribution in [0.3, 0.4) is 0 Å². The second-order valence-corrected chi connectivity index (χ2v) is 9.22. The zero-order valence-electron chi connectivity index (χ0n) is 17.3.